The monoisotopic (exact) mass is 1090 g/mol. The zero-order chi connectivity index (χ0) is 55.9. The number of nitrogens with one attached hydrogen (secondary N) is 4. The minimum atomic E-state index is -0.369. The first-order valence-corrected chi connectivity index (χ1v) is 28.3. The van der Waals surface area contributed by atoms with E-state index in [1.807, 2.05) is 93.2 Å². The van der Waals surface area contributed by atoms with E-state index in [1.54, 1.807) is 6.20 Å². The molecule has 0 saturated carbocycles. The Hall–Kier alpha value is -7.41. The van der Waals surface area contributed by atoms with Gasteiger partial charge in [-0.25, -0.2) is 9.97 Å². The molecule has 0 aliphatic carbocycles. The molecule has 3 saturated heterocycles. The molecule has 4 aromatic heterocycles. The van der Waals surface area contributed by atoms with Gasteiger partial charge in [0.15, 0.2) is 11.3 Å². The number of halogens is 1. The quantitative estimate of drug-likeness (QED) is 0.0764. The van der Waals surface area contributed by atoms with Crippen molar-refractivity contribution in [1.29, 1.82) is 0 Å². The van der Waals surface area contributed by atoms with Crippen molar-refractivity contribution in [2.75, 3.05) is 72.8 Å². The van der Waals surface area contributed by atoms with Crippen LogP contribution in [0.15, 0.2) is 134 Å². The van der Waals surface area contributed by atoms with E-state index in [-0.39, 0.29) is 30.1 Å². The lowest BCUT2D eigenvalue weighted by atomic mass is 9.78. The molecule has 8 aromatic rings. The van der Waals surface area contributed by atoms with Gasteiger partial charge >= 0.3 is 7.12 Å². The molecule has 0 spiro atoms. The number of piperazine rings is 2. The van der Waals surface area contributed by atoms with Crippen LogP contribution in [0.5, 0.6) is 0 Å². The predicted molar refractivity (Wildman–Crippen MR) is 323 cm³/mol. The van der Waals surface area contributed by atoms with Crippen LogP contribution in [0.2, 0.25) is 5.15 Å². The standard InChI is InChI=1S/C28H30N6O.C20H24ClN5.C14H18BNO3/c1-19(2)32-13-15-33(16-14-32)23-6-4-22(5-7-23)31-25-9-10-26(34-12-11-29-27(25)34)20-3-8-24-21(17-20)18-30-28(24)35;1-15(2)24-11-13-25(14-12-24)17-5-3-16(4-6-17)23-18-7-8-19(21)26-10-9-22-20(18)26;1-13(2)14(3,4)19-15(18-13)10-5-6-11-9(7-10)8-16-12(11)17/h3-12,17,19,31H,13-16,18H2,1-2H3,(H,30,35);3-10,15,23H,11-14H2,1-2H3;5-7H,8H2,1-4H3,(H,16,17). The molecular formula is C62H72BClN12O4. The average molecular weight is 1100 g/mol. The molecule has 18 heteroatoms. The molecule has 80 heavy (non-hydrogen) atoms. The third-order valence-corrected chi connectivity index (χ3v) is 16.9. The summed E-state index contributed by atoms with van der Waals surface area (Å²) in [4.78, 5) is 42.4. The summed E-state index contributed by atoms with van der Waals surface area (Å²) in [6.45, 7) is 27.1. The van der Waals surface area contributed by atoms with Gasteiger partial charge in [-0.15, -0.1) is 0 Å². The highest BCUT2D eigenvalue weighted by Crippen LogP contribution is 2.37. The molecule has 4 N–H and O–H groups in total. The van der Waals surface area contributed by atoms with Crippen LogP contribution < -0.4 is 36.5 Å². The summed E-state index contributed by atoms with van der Waals surface area (Å²) >= 11 is 6.20. The van der Waals surface area contributed by atoms with E-state index in [2.05, 4.69) is 150 Å². The SMILES string of the molecule is CC(C)N1CCN(c2ccc(Nc3ccc(-c4ccc5c(c4)CNC5=O)n4ccnc34)cc2)CC1.CC(C)N1CCN(c2ccc(Nc3ccc(Cl)n4ccnc34)cc2)CC1.CC1(C)OB(c2ccc3c(c2)CNC3=O)OC1(C)C. The number of fused-ring (bicyclic) bond motifs is 4. The summed E-state index contributed by atoms with van der Waals surface area (Å²) in [6, 6.07) is 38.3. The Morgan fingerprint density at radius 2 is 1.02 bits per heavy atom. The summed E-state index contributed by atoms with van der Waals surface area (Å²) in [5, 5.41) is 13.3. The van der Waals surface area contributed by atoms with Crippen molar-refractivity contribution in [2.24, 2.45) is 0 Å². The van der Waals surface area contributed by atoms with E-state index in [9.17, 15) is 9.59 Å². The molecule has 13 rings (SSSR count). The van der Waals surface area contributed by atoms with Crippen LogP contribution in [0.1, 0.15) is 87.2 Å². The first kappa shape index (κ1) is 54.5. The van der Waals surface area contributed by atoms with Crippen molar-refractivity contribution in [3.63, 3.8) is 0 Å². The van der Waals surface area contributed by atoms with Crippen molar-refractivity contribution in [3.05, 3.63) is 161 Å². The van der Waals surface area contributed by atoms with Crippen molar-refractivity contribution >= 4 is 81.4 Å². The normalized spacial score (nSPS) is 17.7. The van der Waals surface area contributed by atoms with Crippen LogP contribution in [0.4, 0.5) is 34.1 Å². The number of carbonyl (C=O) groups is 2. The van der Waals surface area contributed by atoms with Gasteiger partial charge in [-0.05, 0) is 169 Å². The Morgan fingerprint density at radius 3 is 1.54 bits per heavy atom. The van der Waals surface area contributed by atoms with E-state index in [4.69, 9.17) is 20.9 Å². The van der Waals surface area contributed by atoms with E-state index in [0.29, 0.717) is 30.3 Å². The summed E-state index contributed by atoms with van der Waals surface area (Å²) in [7, 11) is -0.369. The Balaban J connectivity index is 0.000000133. The molecule has 0 bridgehead atoms. The molecule has 5 aliphatic heterocycles. The Kier molecular flexibility index (Phi) is 15.4. The van der Waals surface area contributed by atoms with Gasteiger partial charge in [0.05, 0.1) is 28.3 Å². The van der Waals surface area contributed by atoms with Crippen LogP contribution >= 0.6 is 11.6 Å². The first-order valence-electron chi connectivity index (χ1n) is 28.0. The fourth-order valence-electron chi connectivity index (χ4n) is 11.0. The van der Waals surface area contributed by atoms with Gasteiger partial charge in [0, 0.05) is 136 Å². The molecule has 0 radical (unpaired) electrons. The number of benzene rings is 4. The first-order chi connectivity index (χ1) is 38.5. The predicted octanol–water partition coefficient (Wildman–Crippen LogP) is 10.0. The number of amides is 2. The number of hydrogen-bond donors (Lipinski definition) is 4. The van der Waals surface area contributed by atoms with Crippen molar-refractivity contribution < 1.29 is 18.9 Å². The number of rotatable bonds is 10. The summed E-state index contributed by atoms with van der Waals surface area (Å²) < 4.78 is 16.0. The second-order valence-corrected chi connectivity index (χ2v) is 23.2. The van der Waals surface area contributed by atoms with Gasteiger partial charge in [-0.3, -0.25) is 28.2 Å². The Labute approximate surface area is 474 Å². The molecule has 9 heterocycles. The molecule has 414 valence electrons. The molecule has 0 atom stereocenters. The maximum atomic E-state index is 11.9. The molecule has 2 amide bonds. The number of aromatic nitrogens is 4. The molecule has 3 fully saturated rings. The maximum absolute atomic E-state index is 11.9. The van der Waals surface area contributed by atoms with E-state index >= 15 is 0 Å². The fraction of sp³-hybridized carbons (Fsp3) is 0.355. The van der Waals surface area contributed by atoms with E-state index < -0.39 is 0 Å². The minimum absolute atomic E-state index is 0.00251. The van der Waals surface area contributed by atoms with Crippen LogP contribution in [0.25, 0.3) is 22.6 Å². The topological polar surface area (TPSA) is 148 Å². The number of hydrogen-bond acceptors (Lipinski definition) is 12. The van der Waals surface area contributed by atoms with Gasteiger partial charge in [0.1, 0.15) is 5.15 Å². The minimum Gasteiger partial charge on any atom is -0.399 e. The maximum Gasteiger partial charge on any atom is 0.494 e. The van der Waals surface area contributed by atoms with Crippen molar-refractivity contribution in [1.82, 2.24) is 39.2 Å². The highest BCUT2D eigenvalue weighted by atomic mass is 35.5. The summed E-state index contributed by atoms with van der Waals surface area (Å²) in [5.74, 6) is -0.00169. The van der Waals surface area contributed by atoms with Crippen LogP contribution in [0, 0.1) is 0 Å². The largest absolute Gasteiger partial charge is 0.494 e. The molecule has 5 aliphatic rings. The van der Waals surface area contributed by atoms with E-state index in [1.165, 1.54) is 11.4 Å². The van der Waals surface area contributed by atoms with Crippen molar-refractivity contribution in [2.45, 2.75) is 91.8 Å². The van der Waals surface area contributed by atoms with Gasteiger partial charge < -0.3 is 40.4 Å². The number of carbonyl (C=O) groups excluding carboxylic acids is 2. The van der Waals surface area contributed by atoms with Gasteiger partial charge in [0.25, 0.3) is 11.8 Å². The Bertz CT molecular complexity index is 3510. The number of imidazole rings is 2. The highest BCUT2D eigenvalue weighted by Gasteiger charge is 2.52. The highest BCUT2D eigenvalue weighted by molar-refractivity contribution is 6.62. The molecular weight excluding hydrogens is 1020 g/mol. The van der Waals surface area contributed by atoms with Gasteiger partial charge in [-0.2, -0.15) is 0 Å². The van der Waals surface area contributed by atoms with Crippen LogP contribution in [0.3, 0.4) is 0 Å². The number of pyridine rings is 2. The zero-order valence-corrected chi connectivity index (χ0v) is 47.8. The molecule has 4 aromatic carbocycles. The number of nitrogens with zero attached hydrogens (tertiary/aromatic N) is 8. The lowest BCUT2D eigenvalue weighted by Gasteiger charge is -2.38. The van der Waals surface area contributed by atoms with Crippen LogP contribution in [-0.2, 0) is 22.4 Å². The third kappa shape index (κ3) is 11.3. The van der Waals surface area contributed by atoms with Crippen molar-refractivity contribution in [3.8, 4) is 11.3 Å². The fourth-order valence-corrected chi connectivity index (χ4v) is 11.2. The second-order valence-electron chi connectivity index (χ2n) is 22.8. The van der Waals surface area contributed by atoms with E-state index in [0.717, 1.165) is 125 Å². The zero-order valence-electron chi connectivity index (χ0n) is 47.1. The van der Waals surface area contributed by atoms with Gasteiger partial charge in [-0.1, -0.05) is 29.8 Å². The lowest BCUT2D eigenvalue weighted by Crippen LogP contribution is -2.48. The second kappa shape index (κ2) is 22.6. The number of anilines is 6. The molecule has 16 nitrogen and oxygen atoms in total. The summed E-state index contributed by atoms with van der Waals surface area (Å²) in [5.41, 5.74) is 14.2. The lowest BCUT2D eigenvalue weighted by molar-refractivity contribution is 0.00578. The average Bonchev–Trinajstić information content (AvgIpc) is 4.52. The van der Waals surface area contributed by atoms with Crippen LogP contribution in [-0.4, -0.2) is 123 Å². The Morgan fingerprint density at radius 1 is 0.562 bits per heavy atom. The summed E-state index contributed by atoms with van der Waals surface area (Å²) in [6.07, 6.45) is 7.42. The smallest absolute Gasteiger partial charge is 0.399 e. The molecule has 0 unspecified atom stereocenters. The van der Waals surface area contributed by atoms with Gasteiger partial charge in [0.2, 0.25) is 0 Å². The third-order valence-electron chi connectivity index (χ3n) is 16.6.